The summed E-state index contributed by atoms with van der Waals surface area (Å²) < 4.78 is 16.1. The van der Waals surface area contributed by atoms with Gasteiger partial charge in [0.1, 0.15) is 23.8 Å². The van der Waals surface area contributed by atoms with Crippen LogP contribution in [0.4, 0.5) is 10.6 Å². The number of ether oxygens (including phenoxy) is 3. The van der Waals surface area contributed by atoms with E-state index in [2.05, 4.69) is 15.6 Å². The fraction of sp³-hybridized carbons (Fsp3) is 0.500. The molecular weight excluding hydrogens is 464 g/mol. The van der Waals surface area contributed by atoms with Gasteiger partial charge in [0.15, 0.2) is 0 Å². The number of benzene rings is 1. The van der Waals surface area contributed by atoms with Gasteiger partial charge in [0.2, 0.25) is 5.60 Å². The number of anilines is 1. The van der Waals surface area contributed by atoms with Crippen LogP contribution in [0.2, 0.25) is 0 Å². The highest BCUT2D eigenvalue weighted by molar-refractivity contribution is 5.79. The molecule has 1 aromatic carbocycles. The number of carbonyl (C=O) groups is 2. The number of nitrogens with one attached hydrogen (secondary N) is 2. The van der Waals surface area contributed by atoms with Gasteiger partial charge in [0.25, 0.3) is 0 Å². The molecule has 0 bridgehead atoms. The van der Waals surface area contributed by atoms with E-state index in [1.54, 1.807) is 18.3 Å². The Labute approximate surface area is 212 Å². The normalized spacial score (nSPS) is 12.8. The number of hydrogen-bond donors (Lipinski definition) is 3. The van der Waals surface area contributed by atoms with Crippen molar-refractivity contribution >= 4 is 17.9 Å². The first kappa shape index (κ1) is 28.9. The van der Waals surface area contributed by atoms with Crippen molar-refractivity contribution in [3.8, 4) is 16.9 Å². The summed E-state index contributed by atoms with van der Waals surface area (Å²) in [6.45, 7) is 10.1. The third kappa shape index (κ3) is 9.71. The van der Waals surface area contributed by atoms with E-state index in [1.807, 2.05) is 52.0 Å². The topological polar surface area (TPSA) is 134 Å². The number of aromatic nitrogens is 1. The number of carbonyl (C=O) groups excluding carboxylic acids is 2. The van der Waals surface area contributed by atoms with Gasteiger partial charge in [-0.15, -0.1) is 0 Å². The molecule has 2 aromatic rings. The highest BCUT2D eigenvalue weighted by Crippen LogP contribution is 2.24. The van der Waals surface area contributed by atoms with Gasteiger partial charge < -0.3 is 24.8 Å². The number of nitrogens with two attached hydrogens (primary N) is 1. The number of rotatable bonds is 13. The lowest BCUT2D eigenvalue weighted by molar-refractivity contribution is -0.175. The van der Waals surface area contributed by atoms with Crippen LogP contribution < -0.4 is 21.3 Å². The fourth-order valence-electron chi connectivity index (χ4n) is 2.91. The van der Waals surface area contributed by atoms with Gasteiger partial charge in [-0.3, -0.25) is 4.84 Å². The van der Waals surface area contributed by atoms with Crippen LogP contribution >= 0.6 is 0 Å². The van der Waals surface area contributed by atoms with E-state index in [4.69, 9.17) is 24.9 Å². The molecule has 198 valence electrons. The molecule has 1 heterocycles. The highest BCUT2D eigenvalue weighted by Gasteiger charge is 2.37. The minimum Gasteiger partial charge on any atom is -0.490 e. The molecule has 10 nitrogen and oxygen atoms in total. The molecular formula is C26H38N4O6. The van der Waals surface area contributed by atoms with E-state index in [0.29, 0.717) is 31.3 Å². The quantitative estimate of drug-likeness (QED) is 0.211. The number of alkyl carbamates (subject to hydrolysis) is 1. The van der Waals surface area contributed by atoms with E-state index in [9.17, 15) is 9.59 Å². The molecule has 0 fully saturated rings. The van der Waals surface area contributed by atoms with E-state index in [1.165, 1.54) is 6.92 Å². The Morgan fingerprint density at radius 3 is 2.28 bits per heavy atom. The van der Waals surface area contributed by atoms with Crippen LogP contribution in [0.15, 0.2) is 42.6 Å². The molecule has 1 unspecified atom stereocenters. The number of esters is 1. The molecule has 0 aliphatic carbocycles. The number of amides is 1. The number of nitrogens with zero attached hydrogens (tertiary/aromatic N) is 1. The lowest BCUT2D eigenvalue weighted by atomic mass is 10.1. The van der Waals surface area contributed by atoms with Crippen molar-refractivity contribution in [2.75, 3.05) is 31.6 Å². The number of pyridine rings is 1. The van der Waals surface area contributed by atoms with Gasteiger partial charge in [0.05, 0.1) is 6.61 Å². The second kappa shape index (κ2) is 13.6. The lowest BCUT2D eigenvalue weighted by Crippen LogP contribution is -2.47. The van der Waals surface area contributed by atoms with Crippen molar-refractivity contribution in [3.63, 3.8) is 0 Å². The van der Waals surface area contributed by atoms with E-state index in [0.717, 1.165) is 24.0 Å². The molecule has 4 N–H and O–H groups in total. The molecule has 0 aliphatic rings. The van der Waals surface area contributed by atoms with Crippen molar-refractivity contribution < 1.29 is 28.6 Å². The van der Waals surface area contributed by atoms with Crippen molar-refractivity contribution in [1.29, 1.82) is 0 Å². The van der Waals surface area contributed by atoms with Gasteiger partial charge in [-0.1, -0.05) is 25.5 Å². The minimum absolute atomic E-state index is 0.0848. The molecule has 1 aromatic heterocycles. The molecule has 1 atom stereocenters. The minimum atomic E-state index is -1.40. The summed E-state index contributed by atoms with van der Waals surface area (Å²) in [6.07, 6.45) is 2.99. The summed E-state index contributed by atoms with van der Waals surface area (Å²) in [5, 5.41) is 5.84. The Hall–Kier alpha value is -3.37. The summed E-state index contributed by atoms with van der Waals surface area (Å²) in [5.74, 6) is 6.04. The van der Waals surface area contributed by atoms with Crippen molar-refractivity contribution in [1.82, 2.24) is 10.3 Å². The number of hydrogen-bond acceptors (Lipinski definition) is 9. The Bertz CT molecular complexity index is 960. The second-order valence-electron chi connectivity index (χ2n) is 9.44. The van der Waals surface area contributed by atoms with Crippen LogP contribution in [-0.2, 0) is 19.1 Å². The summed E-state index contributed by atoms with van der Waals surface area (Å²) in [4.78, 5) is 33.2. The Morgan fingerprint density at radius 1 is 1.00 bits per heavy atom. The van der Waals surface area contributed by atoms with E-state index < -0.39 is 23.3 Å². The van der Waals surface area contributed by atoms with Crippen LogP contribution in [0.5, 0.6) is 5.75 Å². The SMILES string of the molecule is CCCCOC(=O)C(C)(COc1ccc(-c2ccc(NCCNC(=O)OC(C)(C)C)nc2)cc1)ON. The summed E-state index contributed by atoms with van der Waals surface area (Å²) in [5.41, 5.74) is -0.0549. The van der Waals surface area contributed by atoms with Gasteiger partial charge >= 0.3 is 12.1 Å². The fourth-order valence-corrected chi connectivity index (χ4v) is 2.91. The standard InChI is InChI=1S/C26H38N4O6/c1-6-7-16-33-23(31)26(5,36-27)18-34-21-11-8-19(9-12-21)20-10-13-22(30-17-20)28-14-15-29-24(32)35-25(2,3)4/h8-13,17H,6-7,14-16,18,27H2,1-5H3,(H,28,30)(H,29,32). The predicted octanol–water partition coefficient (Wildman–Crippen LogP) is 4.06. The second-order valence-corrected chi connectivity index (χ2v) is 9.44. The maximum atomic E-state index is 12.3. The van der Waals surface area contributed by atoms with Gasteiger partial charge in [-0.25, -0.2) is 20.5 Å². The zero-order valence-electron chi connectivity index (χ0n) is 21.8. The zero-order chi connectivity index (χ0) is 26.6. The molecule has 2 rings (SSSR count). The molecule has 0 saturated carbocycles. The lowest BCUT2D eigenvalue weighted by Gasteiger charge is -2.24. The van der Waals surface area contributed by atoms with Crippen LogP contribution in [0.25, 0.3) is 11.1 Å². The number of unbranched alkanes of at least 4 members (excludes halogenated alkanes) is 1. The maximum absolute atomic E-state index is 12.3. The zero-order valence-corrected chi connectivity index (χ0v) is 21.8. The monoisotopic (exact) mass is 502 g/mol. The smallest absolute Gasteiger partial charge is 0.407 e. The van der Waals surface area contributed by atoms with E-state index in [-0.39, 0.29) is 6.61 Å². The first-order valence-electron chi connectivity index (χ1n) is 12.0. The Morgan fingerprint density at radius 2 is 1.69 bits per heavy atom. The van der Waals surface area contributed by atoms with E-state index >= 15 is 0 Å². The van der Waals surface area contributed by atoms with Crippen LogP contribution in [0.3, 0.4) is 0 Å². The van der Waals surface area contributed by atoms with Crippen molar-refractivity contribution in [3.05, 3.63) is 42.6 Å². The third-order valence-corrected chi connectivity index (χ3v) is 4.99. The summed E-state index contributed by atoms with van der Waals surface area (Å²) in [6, 6.07) is 11.2. The predicted molar refractivity (Wildman–Crippen MR) is 137 cm³/mol. The van der Waals surface area contributed by atoms with Crippen molar-refractivity contribution in [2.45, 2.75) is 58.7 Å². The van der Waals surface area contributed by atoms with Gasteiger partial charge in [-0.05, 0) is 63.9 Å². The highest BCUT2D eigenvalue weighted by atomic mass is 16.7. The molecule has 0 spiro atoms. The van der Waals surface area contributed by atoms with Gasteiger partial charge in [0, 0.05) is 24.8 Å². The third-order valence-electron chi connectivity index (χ3n) is 4.99. The first-order chi connectivity index (χ1) is 17.1. The Kier molecular flexibility index (Phi) is 10.9. The summed E-state index contributed by atoms with van der Waals surface area (Å²) >= 11 is 0. The molecule has 1 amide bonds. The average molecular weight is 503 g/mol. The Balaban J connectivity index is 1.83. The first-order valence-corrected chi connectivity index (χ1v) is 12.0. The maximum Gasteiger partial charge on any atom is 0.407 e. The molecule has 0 radical (unpaired) electrons. The van der Waals surface area contributed by atoms with Crippen molar-refractivity contribution in [2.24, 2.45) is 5.90 Å². The average Bonchev–Trinajstić information content (AvgIpc) is 2.85. The summed E-state index contributed by atoms with van der Waals surface area (Å²) in [7, 11) is 0. The van der Waals surface area contributed by atoms with Crippen LogP contribution in [0, 0.1) is 0 Å². The largest absolute Gasteiger partial charge is 0.490 e. The molecule has 0 aliphatic heterocycles. The van der Waals surface area contributed by atoms with Crippen LogP contribution in [-0.4, -0.2) is 54.6 Å². The molecule has 0 saturated heterocycles. The molecule has 36 heavy (non-hydrogen) atoms. The molecule has 10 heteroatoms. The van der Waals surface area contributed by atoms with Crippen LogP contribution in [0.1, 0.15) is 47.5 Å². The van der Waals surface area contributed by atoms with Gasteiger partial charge in [-0.2, -0.15) is 0 Å².